The third-order valence-corrected chi connectivity index (χ3v) is 18.0. The van der Waals surface area contributed by atoms with Gasteiger partial charge in [0.25, 0.3) is 0 Å². The zero-order valence-corrected chi connectivity index (χ0v) is 40.5. The molecule has 1 aliphatic heterocycles. The average molecular weight is 936 g/mol. The SMILES string of the molecule is CCCOOC1(C(F)(F)C(F)(F)F)CCCC1C(C)(CC(C)(C)C)C(C)(C)C(C)(C)CC(C)(C(C)(C)C)C12CCC(C(OC3CCCCO3)(C(F)(F)F)C(Cl)(Cl)Cl)(CC1)C2. The van der Waals surface area contributed by atoms with Gasteiger partial charge >= 0.3 is 18.3 Å². The lowest BCUT2D eigenvalue weighted by atomic mass is 9.40. The van der Waals surface area contributed by atoms with Crippen LogP contribution in [0.4, 0.5) is 35.1 Å². The average Bonchev–Trinajstić information content (AvgIpc) is 3.79. The Morgan fingerprint density at radius 3 is 1.65 bits per heavy atom. The van der Waals surface area contributed by atoms with Gasteiger partial charge in [0.05, 0.1) is 6.61 Å². The second-order valence-electron chi connectivity index (χ2n) is 23.1. The molecule has 3 aliphatic carbocycles. The minimum Gasteiger partial charge on any atom is -0.353 e. The molecule has 354 valence electrons. The molecule has 1 saturated heterocycles. The third kappa shape index (κ3) is 8.31. The van der Waals surface area contributed by atoms with Crippen LogP contribution in [0.5, 0.6) is 0 Å². The summed E-state index contributed by atoms with van der Waals surface area (Å²) in [5, 5.41) is 0. The van der Waals surface area contributed by atoms with E-state index in [1.54, 1.807) is 6.92 Å². The highest BCUT2D eigenvalue weighted by molar-refractivity contribution is 6.68. The highest BCUT2D eigenvalue weighted by Crippen LogP contribution is 2.80. The van der Waals surface area contributed by atoms with Gasteiger partial charge in [0.1, 0.15) is 0 Å². The maximum atomic E-state index is 16.3. The van der Waals surface area contributed by atoms with Crippen molar-refractivity contribution in [2.45, 2.75) is 219 Å². The summed E-state index contributed by atoms with van der Waals surface area (Å²) >= 11 is 19.6. The molecule has 0 amide bonds. The molecular weight excluding hydrogens is 863 g/mol. The molecule has 3 saturated carbocycles. The Bertz CT molecular complexity index is 1470. The molecule has 2 bridgehead atoms. The molecular formula is C45H73Cl3F8O4. The molecule has 15 heteroatoms. The van der Waals surface area contributed by atoms with Gasteiger partial charge in [0.2, 0.25) is 9.39 Å². The van der Waals surface area contributed by atoms with E-state index < -0.39 is 95.2 Å². The molecule has 0 aromatic carbocycles. The predicted octanol–water partition coefficient (Wildman–Crippen LogP) is 16.2. The van der Waals surface area contributed by atoms with Gasteiger partial charge in [-0.2, -0.15) is 35.1 Å². The largest absolute Gasteiger partial charge is 0.456 e. The number of rotatable bonds is 15. The number of hydrogen-bond acceptors (Lipinski definition) is 4. The summed E-state index contributed by atoms with van der Waals surface area (Å²) in [6, 6.07) is 0. The van der Waals surface area contributed by atoms with Crippen molar-refractivity contribution in [1.29, 1.82) is 0 Å². The second-order valence-corrected chi connectivity index (χ2v) is 25.3. The smallest absolute Gasteiger partial charge is 0.353 e. The summed E-state index contributed by atoms with van der Waals surface area (Å²) in [4.78, 5) is 10.8. The van der Waals surface area contributed by atoms with Crippen molar-refractivity contribution in [3.05, 3.63) is 0 Å². The Hall–Kier alpha value is 0.150. The van der Waals surface area contributed by atoms with Crippen LogP contribution in [0.1, 0.15) is 180 Å². The molecule has 4 fully saturated rings. The molecule has 0 aromatic rings. The van der Waals surface area contributed by atoms with Gasteiger partial charge in [-0.25, -0.2) is 9.78 Å². The summed E-state index contributed by atoms with van der Waals surface area (Å²) in [6.45, 7) is 25.8. The molecule has 0 radical (unpaired) electrons. The van der Waals surface area contributed by atoms with Gasteiger partial charge in [0.15, 0.2) is 11.9 Å². The fraction of sp³-hybridized carbons (Fsp3) is 1.00. The van der Waals surface area contributed by atoms with E-state index in [1.807, 2.05) is 55.4 Å². The van der Waals surface area contributed by atoms with E-state index in [0.29, 0.717) is 38.5 Å². The fourth-order valence-corrected chi connectivity index (χ4v) is 14.3. The van der Waals surface area contributed by atoms with Crippen LogP contribution in [0.15, 0.2) is 0 Å². The molecule has 0 N–H and O–H groups in total. The van der Waals surface area contributed by atoms with E-state index in [9.17, 15) is 13.2 Å². The Balaban J connectivity index is 1.90. The number of hydrogen-bond donors (Lipinski definition) is 0. The lowest BCUT2D eigenvalue weighted by Crippen LogP contribution is -2.68. The van der Waals surface area contributed by atoms with Crippen LogP contribution < -0.4 is 0 Å². The number of ether oxygens (including phenoxy) is 2. The molecule has 4 rings (SSSR count). The van der Waals surface area contributed by atoms with Crippen molar-refractivity contribution >= 4 is 34.8 Å². The Labute approximate surface area is 369 Å². The van der Waals surface area contributed by atoms with Gasteiger partial charge in [-0.3, -0.25) is 0 Å². The van der Waals surface area contributed by atoms with Crippen LogP contribution >= 0.6 is 34.8 Å². The zero-order valence-electron chi connectivity index (χ0n) is 38.3. The summed E-state index contributed by atoms with van der Waals surface area (Å²) < 4.78 is 133. The van der Waals surface area contributed by atoms with Gasteiger partial charge in [-0.1, -0.05) is 125 Å². The van der Waals surface area contributed by atoms with Gasteiger partial charge in [-0.15, -0.1) is 0 Å². The number of halogens is 11. The normalized spacial score (nSPS) is 32.2. The molecule has 6 atom stereocenters. The molecule has 0 aromatic heterocycles. The lowest BCUT2D eigenvalue weighted by molar-refractivity contribution is -0.456. The van der Waals surface area contributed by atoms with Crippen LogP contribution in [0.25, 0.3) is 0 Å². The Morgan fingerprint density at radius 2 is 1.22 bits per heavy atom. The topological polar surface area (TPSA) is 36.9 Å². The molecule has 6 unspecified atom stereocenters. The molecule has 1 heterocycles. The fourth-order valence-electron chi connectivity index (χ4n) is 13.3. The first kappa shape index (κ1) is 52.8. The van der Waals surface area contributed by atoms with Gasteiger partial charge in [-0.05, 0) is 128 Å². The number of fused-ring (bicyclic) bond motifs is 2. The monoisotopic (exact) mass is 934 g/mol. The van der Waals surface area contributed by atoms with Crippen LogP contribution in [0, 0.1) is 49.2 Å². The first-order chi connectivity index (χ1) is 26.8. The summed E-state index contributed by atoms with van der Waals surface area (Å²) in [6.07, 6.45) is -9.14. The predicted molar refractivity (Wildman–Crippen MR) is 222 cm³/mol. The van der Waals surface area contributed by atoms with Crippen LogP contribution in [0.2, 0.25) is 0 Å². The maximum Gasteiger partial charge on any atom is 0.456 e. The van der Waals surface area contributed by atoms with Crippen LogP contribution in [-0.4, -0.2) is 52.8 Å². The van der Waals surface area contributed by atoms with E-state index in [2.05, 4.69) is 27.7 Å². The van der Waals surface area contributed by atoms with Crippen molar-refractivity contribution < 1.29 is 54.4 Å². The molecule has 0 spiro atoms. The minimum atomic E-state index is -5.92. The molecule has 4 nitrogen and oxygen atoms in total. The van der Waals surface area contributed by atoms with Crippen molar-refractivity contribution in [2.75, 3.05) is 13.2 Å². The second kappa shape index (κ2) is 16.5. The van der Waals surface area contributed by atoms with E-state index in [1.165, 1.54) is 0 Å². The minimum absolute atomic E-state index is 0.0514. The molecule has 4 aliphatic rings. The van der Waals surface area contributed by atoms with Crippen molar-refractivity contribution in [2.24, 2.45) is 49.2 Å². The van der Waals surface area contributed by atoms with Crippen molar-refractivity contribution in [3.63, 3.8) is 0 Å². The van der Waals surface area contributed by atoms with E-state index in [0.717, 1.165) is 0 Å². The van der Waals surface area contributed by atoms with E-state index >= 15 is 22.0 Å². The molecule has 60 heavy (non-hydrogen) atoms. The van der Waals surface area contributed by atoms with Gasteiger partial charge in [0, 0.05) is 17.9 Å². The summed E-state index contributed by atoms with van der Waals surface area (Å²) in [5.41, 5.74) is -13.4. The highest BCUT2D eigenvalue weighted by atomic mass is 35.6. The van der Waals surface area contributed by atoms with Crippen molar-refractivity contribution in [1.82, 2.24) is 0 Å². The quantitative estimate of drug-likeness (QED) is 0.0539. The standard InChI is InChI=1S/C45H73Cl3F8O4/c1-14-25-58-60-40(42(49,50)45(54,55)56)20-17-18-30(40)36(12,27-32(2,3)4)35(10,11)34(8,9)28-37(13,33(5,6)7)38-21-23-39(29-38,24-22-38)41(43(46,47)48,44(51,52)53)59-31-19-15-16-26-57-31/h30-31H,14-29H2,1-13H3. The third-order valence-electron chi connectivity index (χ3n) is 17.2. The first-order valence-corrected chi connectivity index (χ1v) is 23.1. The van der Waals surface area contributed by atoms with Crippen LogP contribution in [-0.2, 0) is 19.2 Å². The lowest BCUT2D eigenvalue weighted by Gasteiger charge is -2.65. The maximum absolute atomic E-state index is 16.3. The highest BCUT2D eigenvalue weighted by Gasteiger charge is 2.83. The zero-order chi connectivity index (χ0) is 46.3. The summed E-state index contributed by atoms with van der Waals surface area (Å²) in [7, 11) is 0. The Kier molecular flexibility index (Phi) is 14.5. The van der Waals surface area contributed by atoms with Crippen molar-refractivity contribution in [3.8, 4) is 0 Å². The van der Waals surface area contributed by atoms with E-state index in [-0.39, 0.29) is 58.2 Å². The van der Waals surface area contributed by atoms with Crippen LogP contribution in [0.3, 0.4) is 0 Å². The van der Waals surface area contributed by atoms with Gasteiger partial charge < -0.3 is 9.47 Å². The Morgan fingerprint density at radius 1 is 0.667 bits per heavy atom. The number of alkyl halides is 11. The first-order valence-electron chi connectivity index (χ1n) is 21.9. The summed E-state index contributed by atoms with van der Waals surface area (Å²) in [5.74, 6) is -6.55. The van der Waals surface area contributed by atoms with E-state index in [4.69, 9.17) is 54.1 Å².